The third-order valence-electron chi connectivity index (χ3n) is 4.18. The maximum Gasteiger partial charge on any atom is 0.308 e. The Bertz CT molecular complexity index is 874. The molecule has 0 aliphatic rings. The Balaban J connectivity index is 2.26. The second kappa shape index (κ2) is 11.7. The van der Waals surface area contributed by atoms with E-state index in [2.05, 4.69) is 0 Å². The number of carbonyl (C=O) groups excluding carboxylic acids is 1. The van der Waals surface area contributed by atoms with Gasteiger partial charge >= 0.3 is 5.97 Å². The molecule has 7 nitrogen and oxygen atoms in total. The van der Waals surface area contributed by atoms with Crippen LogP contribution in [0.1, 0.15) is 25.0 Å². The molecule has 0 aliphatic carbocycles. The van der Waals surface area contributed by atoms with Crippen molar-refractivity contribution in [3.63, 3.8) is 0 Å². The Morgan fingerprint density at radius 2 is 1.70 bits per heavy atom. The summed E-state index contributed by atoms with van der Waals surface area (Å²) in [6.07, 6.45) is 4.43. The molecule has 0 unspecified atom stereocenters. The van der Waals surface area contributed by atoms with E-state index in [1.54, 1.807) is 13.2 Å². The number of carbonyl (C=O) groups is 1. The first-order chi connectivity index (χ1) is 14.5. The molecule has 0 amide bonds. The lowest BCUT2D eigenvalue weighted by Crippen LogP contribution is -2.06. The van der Waals surface area contributed by atoms with Crippen LogP contribution in [0, 0.1) is 0 Å². The second-order valence-electron chi connectivity index (χ2n) is 6.12. The average Bonchev–Trinajstić information content (AvgIpc) is 2.74. The summed E-state index contributed by atoms with van der Waals surface area (Å²) in [4.78, 5) is 11.5. The highest BCUT2D eigenvalue weighted by Gasteiger charge is 2.17. The summed E-state index contributed by atoms with van der Waals surface area (Å²) in [6.45, 7) is 3.96. The molecule has 0 saturated carbocycles. The summed E-state index contributed by atoms with van der Waals surface area (Å²) in [5, 5.41) is 0. The number of esters is 1. The lowest BCUT2D eigenvalue weighted by atomic mass is 10.1. The van der Waals surface area contributed by atoms with Crippen molar-refractivity contribution in [2.75, 3.05) is 34.7 Å². The third kappa shape index (κ3) is 5.90. The normalized spacial score (nSPS) is 10.7. The van der Waals surface area contributed by atoms with Crippen molar-refractivity contribution in [3.8, 4) is 28.7 Å². The lowest BCUT2D eigenvalue weighted by molar-refractivity contribution is -0.132. The molecule has 0 atom stereocenters. The number of para-hydroxylation sites is 1. The van der Waals surface area contributed by atoms with Gasteiger partial charge in [0.05, 0.1) is 21.3 Å². The molecule has 30 heavy (non-hydrogen) atoms. The zero-order valence-corrected chi connectivity index (χ0v) is 18.0. The van der Waals surface area contributed by atoms with E-state index in [1.165, 1.54) is 21.1 Å². The number of hydrogen-bond acceptors (Lipinski definition) is 7. The Labute approximate surface area is 177 Å². The third-order valence-corrected chi connectivity index (χ3v) is 4.18. The van der Waals surface area contributed by atoms with Gasteiger partial charge < -0.3 is 28.4 Å². The van der Waals surface area contributed by atoms with Crippen molar-refractivity contribution in [2.45, 2.75) is 20.3 Å². The second-order valence-corrected chi connectivity index (χ2v) is 6.12. The molecule has 0 spiro atoms. The van der Waals surface area contributed by atoms with Crippen LogP contribution in [0.2, 0.25) is 0 Å². The van der Waals surface area contributed by atoms with Crippen LogP contribution in [-0.4, -0.2) is 40.7 Å². The Hall–Kier alpha value is -3.19. The van der Waals surface area contributed by atoms with Crippen molar-refractivity contribution in [2.24, 2.45) is 0 Å². The highest BCUT2D eigenvalue weighted by atomic mass is 16.7. The molecule has 0 N–H and O–H groups in total. The molecule has 2 aromatic carbocycles. The number of hydrogen-bond donors (Lipinski definition) is 0. The largest absolute Gasteiger partial charge is 0.493 e. The molecule has 0 bridgehead atoms. The number of benzene rings is 2. The monoisotopic (exact) mass is 416 g/mol. The highest BCUT2D eigenvalue weighted by molar-refractivity contribution is 5.73. The number of allylic oxidation sites excluding steroid dienone is 1. The predicted molar refractivity (Wildman–Crippen MR) is 114 cm³/mol. The van der Waals surface area contributed by atoms with Gasteiger partial charge in [0.1, 0.15) is 0 Å². The maximum absolute atomic E-state index is 11.5. The van der Waals surface area contributed by atoms with Crippen LogP contribution < -0.4 is 23.7 Å². The molecular formula is C23H28O7. The van der Waals surface area contributed by atoms with Crippen LogP contribution >= 0.6 is 0 Å². The number of rotatable bonds is 11. The Morgan fingerprint density at radius 3 is 2.33 bits per heavy atom. The van der Waals surface area contributed by atoms with Gasteiger partial charge in [-0.25, -0.2) is 0 Å². The molecule has 162 valence electrons. The van der Waals surface area contributed by atoms with E-state index in [1.807, 2.05) is 43.3 Å². The van der Waals surface area contributed by atoms with Gasteiger partial charge in [0.15, 0.2) is 29.8 Å². The summed E-state index contributed by atoms with van der Waals surface area (Å²) in [7, 11) is 4.63. The predicted octanol–water partition coefficient (Wildman–Crippen LogP) is 4.27. The summed E-state index contributed by atoms with van der Waals surface area (Å²) in [5.74, 6) is 1.92. The van der Waals surface area contributed by atoms with Crippen molar-refractivity contribution < 1.29 is 33.2 Å². The van der Waals surface area contributed by atoms with Gasteiger partial charge in [-0.2, -0.15) is 0 Å². The van der Waals surface area contributed by atoms with Crippen LogP contribution in [0.15, 0.2) is 36.4 Å². The zero-order chi connectivity index (χ0) is 21.9. The number of methoxy groups -OCH3 is 3. The van der Waals surface area contributed by atoms with E-state index < -0.39 is 5.97 Å². The summed E-state index contributed by atoms with van der Waals surface area (Å²) >= 11 is 0. The lowest BCUT2D eigenvalue weighted by Gasteiger charge is -2.15. The van der Waals surface area contributed by atoms with E-state index in [-0.39, 0.29) is 12.5 Å². The van der Waals surface area contributed by atoms with Crippen molar-refractivity contribution in [1.29, 1.82) is 0 Å². The van der Waals surface area contributed by atoms with E-state index in [0.29, 0.717) is 36.0 Å². The number of ether oxygens (including phenoxy) is 6. The Morgan fingerprint density at radius 1 is 0.933 bits per heavy atom. The average molecular weight is 416 g/mol. The first-order valence-corrected chi connectivity index (χ1v) is 9.52. The van der Waals surface area contributed by atoms with Crippen LogP contribution in [0.4, 0.5) is 0 Å². The summed E-state index contributed by atoms with van der Waals surface area (Å²) in [6, 6.07) is 9.25. The summed E-state index contributed by atoms with van der Waals surface area (Å²) in [5.41, 5.74) is 1.70. The molecule has 0 aromatic heterocycles. The zero-order valence-electron chi connectivity index (χ0n) is 18.0. The molecule has 7 heteroatoms. The van der Waals surface area contributed by atoms with Gasteiger partial charge in [-0.15, -0.1) is 0 Å². The fraction of sp³-hybridized carbons (Fsp3) is 0.348. The van der Waals surface area contributed by atoms with Crippen LogP contribution in [0.3, 0.4) is 0 Å². The minimum absolute atomic E-state index is 0.155. The first kappa shape index (κ1) is 23.1. The van der Waals surface area contributed by atoms with E-state index in [4.69, 9.17) is 28.4 Å². The molecule has 2 rings (SSSR count). The molecule has 0 radical (unpaired) electrons. The molecule has 0 aliphatic heterocycles. The molecule has 2 aromatic rings. The Kier molecular flexibility index (Phi) is 9.03. The van der Waals surface area contributed by atoms with Crippen LogP contribution in [0.25, 0.3) is 6.08 Å². The smallest absolute Gasteiger partial charge is 0.308 e. The van der Waals surface area contributed by atoms with Gasteiger partial charge in [-0.3, -0.25) is 4.79 Å². The van der Waals surface area contributed by atoms with E-state index >= 15 is 0 Å². The maximum atomic E-state index is 11.5. The topological polar surface area (TPSA) is 72.5 Å². The SMILES string of the molecule is CCOCOc1cccc(/C=C/Cc2ccc(OC)c(OC(C)=O)c2OC)c1OC. The van der Waals surface area contributed by atoms with Gasteiger partial charge in [0.2, 0.25) is 5.75 Å². The summed E-state index contributed by atoms with van der Waals surface area (Å²) < 4.78 is 32.5. The minimum Gasteiger partial charge on any atom is -0.493 e. The quantitative estimate of drug-likeness (QED) is 0.234. The van der Waals surface area contributed by atoms with Gasteiger partial charge in [-0.05, 0) is 25.5 Å². The van der Waals surface area contributed by atoms with Crippen LogP contribution in [-0.2, 0) is 16.0 Å². The molecule has 0 fully saturated rings. The van der Waals surface area contributed by atoms with Gasteiger partial charge in [-0.1, -0.05) is 30.4 Å². The molecular weight excluding hydrogens is 388 g/mol. The molecule has 0 saturated heterocycles. The fourth-order valence-corrected chi connectivity index (χ4v) is 2.87. The first-order valence-electron chi connectivity index (χ1n) is 9.52. The van der Waals surface area contributed by atoms with Crippen molar-refractivity contribution >= 4 is 12.0 Å². The van der Waals surface area contributed by atoms with Crippen molar-refractivity contribution in [3.05, 3.63) is 47.5 Å². The highest BCUT2D eigenvalue weighted by Crippen LogP contribution is 2.40. The fourth-order valence-electron chi connectivity index (χ4n) is 2.87. The van der Waals surface area contributed by atoms with Gasteiger partial charge in [0.25, 0.3) is 0 Å². The van der Waals surface area contributed by atoms with Gasteiger partial charge in [0, 0.05) is 24.7 Å². The molecule has 0 heterocycles. The van der Waals surface area contributed by atoms with Crippen molar-refractivity contribution in [1.82, 2.24) is 0 Å². The van der Waals surface area contributed by atoms with Crippen LogP contribution in [0.5, 0.6) is 28.7 Å². The minimum atomic E-state index is -0.451. The van der Waals surface area contributed by atoms with E-state index in [0.717, 1.165) is 11.1 Å². The van der Waals surface area contributed by atoms with E-state index in [9.17, 15) is 4.79 Å². The standard InChI is InChI=1S/C23H28O7/c1-6-28-15-29-20-12-8-11-17(21(20)26-4)9-7-10-18-13-14-19(25-3)23(22(18)27-5)30-16(2)24/h7-9,11-14H,6,10,15H2,1-5H3/b9-7+.